The number of rotatable bonds is 13. The van der Waals surface area contributed by atoms with E-state index in [1.165, 1.54) is 29.2 Å². The predicted octanol–water partition coefficient (Wildman–Crippen LogP) is 6.46. The highest BCUT2D eigenvalue weighted by atomic mass is 35.5. The van der Waals surface area contributed by atoms with Gasteiger partial charge in [-0.1, -0.05) is 84.8 Å². The molecule has 0 heterocycles. The molecule has 236 valence electrons. The van der Waals surface area contributed by atoms with Crippen LogP contribution in [0.15, 0.2) is 102 Å². The van der Waals surface area contributed by atoms with Gasteiger partial charge in [-0.3, -0.25) is 13.9 Å². The number of sulfonamides is 1. The number of carbonyl (C=O) groups excluding carboxylic acids is 2. The van der Waals surface area contributed by atoms with Gasteiger partial charge in [-0.2, -0.15) is 0 Å². The lowest BCUT2D eigenvalue weighted by molar-refractivity contribution is -0.140. The Kier molecular flexibility index (Phi) is 11.4. The summed E-state index contributed by atoms with van der Waals surface area (Å²) in [5.74, 6) is -1.42. The predicted molar refractivity (Wildman–Crippen MR) is 176 cm³/mol. The number of benzene rings is 4. The van der Waals surface area contributed by atoms with E-state index in [2.05, 4.69) is 5.32 Å². The van der Waals surface area contributed by atoms with Gasteiger partial charge in [0.1, 0.15) is 18.4 Å². The Balaban J connectivity index is 1.82. The van der Waals surface area contributed by atoms with Crippen LogP contribution in [0.25, 0.3) is 0 Å². The molecule has 10 heteroatoms. The Morgan fingerprint density at radius 1 is 0.867 bits per heavy atom. The first-order valence-corrected chi connectivity index (χ1v) is 16.5. The SMILES string of the molecule is CCCNC(=O)[C@H](Cc1ccccc1)N(Cc1ccc(F)cc1)C(=O)CN(c1cccc(Cl)c1C)S(=O)(=O)c1ccc(C)cc1. The van der Waals surface area contributed by atoms with Gasteiger partial charge in [0.25, 0.3) is 10.0 Å². The topological polar surface area (TPSA) is 86.8 Å². The average molecular weight is 650 g/mol. The van der Waals surface area contributed by atoms with Gasteiger partial charge in [-0.05, 0) is 73.4 Å². The van der Waals surface area contributed by atoms with E-state index in [0.29, 0.717) is 29.1 Å². The molecular formula is C35H37ClFN3O4S. The molecule has 0 unspecified atom stereocenters. The van der Waals surface area contributed by atoms with Gasteiger partial charge < -0.3 is 10.2 Å². The zero-order valence-electron chi connectivity index (χ0n) is 25.5. The molecule has 0 aliphatic rings. The molecule has 4 rings (SSSR count). The minimum Gasteiger partial charge on any atom is -0.354 e. The van der Waals surface area contributed by atoms with Crippen LogP contribution in [-0.2, 0) is 32.6 Å². The van der Waals surface area contributed by atoms with Gasteiger partial charge in [0, 0.05) is 24.5 Å². The fraction of sp³-hybridized carbons (Fsp3) is 0.257. The number of hydrogen-bond acceptors (Lipinski definition) is 4. The molecule has 1 N–H and O–H groups in total. The van der Waals surface area contributed by atoms with Gasteiger partial charge in [0.2, 0.25) is 11.8 Å². The van der Waals surface area contributed by atoms with Gasteiger partial charge in [-0.15, -0.1) is 0 Å². The van der Waals surface area contributed by atoms with Gasteiger partial charge in [0.05, 0.1) is 10.6 Å². The average Bonchev–Trinajstić information content (AvgIpc) is 3.03. The first-order valence-electron chi connectivity index (χ1n) is 14.7. The van der Waals surface area contributed by atoms with Crippen molar-refractivity contribution in [1.82, 2.24) is 10.2 Å². The van der Waals surface area contributed by atoms with Crippen molar-refractivity contribution in [2.75, 3.05) is 17.4 Å². The molecule has 2 amide bonds. The summed E-state index contributed by atoms with van der Waals surface area (Å²) in [6, 6.07) is 25.2. The zero-order chi connectivity index (χ0) is 32.6. The lowest BCUT2D eigenvalue weighted by Crippen LogP contribution is -2.53. The Morgan fingerprint density at radius 3 is 2.18 bits per heavy atom. The van der Waals surface area contributed by atoms with E-state index in [-0.39, 0.29) is 29.5 Å². The normalized spacial score (nSPS) is 11.9. The van der Waals surface area contributed by atoms with Gasteiger partial charge >= 0.3 is 0 Å². The van der Waals surface area contributed by atoms with E-state index in [1.54, 1.807) is 49.4 Å². The quantitative estimate of drug-likeness (QED) is 0.180. The summed E-state index contributed by atoms with van der Waals surface area (Å²) in [7, 11) is -4.26. The molecule has 4 aromatic rings. The van der Waals surface area contributed by atoms with Crippen LogP contribution in [0.2, 0.25) is 5.02 Å². The molecule has 7 nitrogen and oxygen atoms in total. The number of anilines is 1. The van der Waals surface area contributed by atoms with Gasteiger partial charge in [0.15, 0.2) is 0 Å². The Labute approximate surface area is 269 Å². The molecule has 4 aromatic carbocycles. The van der Waals surface area contributed by atoms with E-state index in [1.807, 2.05) is 44.2 Å². The minimum absolute atomic E-state index is 0.00637. The number of aryl methyl sites for hydroxylation is 1. The molecular weight excluding hydrogens is 613 g/mol. The van der Waals surface area contributed by atoms with Crippen molar-refractivity contribution in [3.05, 3.63) is 130 Å². The third kappa shape index (κ3) is 8.49. The molecule has 0 radical (unpaired) electrons. The molecule has 0 spiro atoms. The van der Waals surface area contributed by atoms with Crippen molar-refractivity contribution in [3.63, 3.8) is 0 Å². The van der Waals surface area contributed by atoms with Crippen LogP contribution in [0.5, 0.6) is 0 Å². The van der Waals surface area contributed by atoms with Gasteiger partial charge in [-0.25, -0.2) is 12.8 Å². The van der Waals surface area contributed by atoms with Crippen molar-refractivity contribution < 1.29 is 22.4 Å². The molecule has 0 fully saturated rings. The summed E-state index contributed by atoms with van der Waals surface area (Å²) < 4.78 is 43.2. The number of nitrogens with zero attached hydrogens (tertiary/aromatic N) is 2. The second kappa shape index (κ2) is 15.2. The Hall–Kier alpha value is -4.21. The molecule has 0 aromatic heterocycles. The van der Waals surface area contributed by atoms with Crippen LogP contribution in [0.4, 0.5) is 10.1 Å². The zero-order valence-corrected chi connectivity index (χ0v) is 27.1. The Bertz CT molecular complexity index is 1720. The number of halogens is 2. The van der Waals surface area contributed by atoms with Crippen LogP contribution in [0, 0.1) is 19.7 Å². The lowest BCUT2D eigenvalue weighted by Gasteiger charge is -2.34. The monoisotopic (exact) mass is 649 g/mol. The third-order valence-electron chi connectivity index (χ3n) is 7.48. The van der Waals surface area contributed by atoms with E-state index in [9.17, 15) is 22.4 Å². The van der Waals surface area contributed by atoms with Crippen molar-refractivity contribution in [3.8, 4) is 0 Å². The Morgan fingerprint density at radius 2 is 1.53 bits per heavy atom. The minimum atomic E-state index is -4.26. The van der Waals surface area contributed by atoms with Crippen molar-refractivity contribution >= 4 is 39.1 Å². The third-order valence-corrected chi connectivity index (χ3v) is 9.67. The second-order valence-electron chi connectivity index (χ2n) is 10.9. The highest BCUT2D eigenvalue weighted by molar-refractivity contribution is 7.92. The fourth-order valence-electron chi connectivity index (χ4n) is 4.92. The summed E-state index contributed by atoms with van der Waals surface area (Å²) in [5.41, 5.74) is 3.00. The second-order valence-corrected chi connectivity index (χ2v) is 13.1. The van der Waals surface area contributed by atoms with Crippen molar-refractivity contribution in [2.24, 2.45) is 0 Å². The van der Waals surface area contributed by atoms with Crippen molar-refractivity contribution in [1.29, 1.82) is 0 Å². The molecule has 0 aliphatic carbocycles. The van der Waals surface area contributed by atoms with Crippen LogP contribution in [-0.4, -0.2) is 44.3 Å². The number of amides is 2. The first kappa shape index (κ1) is 33.7. The maximum Gasteiger partial charge on any atom is 0.264 e. The lowest BCUT2D eigenvalue weighted by atomic mass is 10.0. The summed E-state index contributed by atoms with van der Waals surface area (Å²) in [6.45, 7) is 5.20. The summed E-state index contributed by atoms with van der Waals surface area (Å²) >= 11 is 6.42. The molecule has 0 bridgehead atoms. The molecule has 0 aliphatic heterocycles. The smallest absolute Gasteiger partial charge is 0.264 e. The van der Waals surface area contributed by atoms with E-state index in [4.69, 9.17) is 11.6 Å². The highest BCUT2D eigenvalue weighted by Gasteiger charge is 2.35. The maximum absolute atomic E-state index is 14.5. The van der Waals surface area contributed by atoms with E-state index >= 15 is 0 Å². The largest absolute Gasteiger partial charge is 0.354 e. The van der Waals surface area contributed by atoms with Crippen LogP contribution >= 0.6 is 11.6 Å². The van der Waals surface area contributed by atoms with E-state index < -0.39 is 34.3 Å². The maximum atomic E-state index is 14.5. The standard InChI is InChI=1S/C35H37ClFN3O4S/c1-4-21-38-35(42)33(22-27-9-6-5-7-10-27)39(23-28-15-17-29(37)18-16-28)34(41)24-40(32-12-8-11-31(36)26(32)3)45(43,44)30-19-13-25(2)14-20-30/h5-20,33H,4,21-24H2,1-3H3,(H,38,42)/t33-/m0/s1. The molecule has 0 saturated heterocycles. The highest BCUT2D eigenvalue weighted by Crippen LogP contribution is 2.31. The molecule has 1 atom stereocenters. The van der Waals surface area contributed by atoms with Crippen molar-refractivity contribution in [2.45, 2.75) is 51.1 Å². The number of carbonyl (C=O) groups is 2. The number of hydrogen-bond donors (Lipinski definition) is 1. The van der Waals surface area contributed by atoms with Crippen LogP contribution in [0.1, 0.15) is 35.6 Å². The summed E-state index contributed by atoms with van der Waals surface area (Å²) in [6.07, 6.45) is 0.872. The molecule has 0 saturated carbocycles. The van der Waals surface area contributed by atoms with E-state index in [0.717, 1.165) is 15.4 Å². The van der Waals surface area contributed by atoms with Crippen LogP contribution < -0.4 is 9.62 Å². The molecule has 45 heavy (non-hydrogen) atoms. The number of nitrogens with one attached hydrogen (secondary N) is 1. The summed E-state index contributed by atoms with van der Waals surface area (Å²) in [4.78, 5) is 29.5. The van der Waals surface area contributed by atoms with Crippen LogP contribution in [0.3, 0.4) is 0 Å². The fourth-order valence-corrected chi connectivity index (χ4v) is 6.56. The first-order chi connectivity index (χ1) is 21.5. The summed E-state index contributed by atoms with van der Waals surface area (Å²) in [5, 5.41) is 3.24.